The summed E-state index contributed by atoms with van der Waals surface area (Å²) >= 11 is 3.58. The van der Waals surface area contributed by atoms with Gasteiger partial charge in [0.1, 0.15) is 0 Å². The van der Waals surface area contributed by atoms with E-state index in [0.717, 1.165) is 74.6 Å². The van der Waals surface area contributed by atoms with Crippen molar-refractivity contribution >= 4 is 23.5 Å². The summed E-state index contributed by atoms with van der Waals surface area (Å²) < 4.78 is 0.242. The van der Waals surface area contributed by atoms with Gasteiger partial charge >= 0.3 is 0 Å². The fraction of sp³-hybridized carbons (Fsp3) is 0.143. The van der Waals surface area contributed by atoms with Crippen LogP contribution in [0.2, 0.25) is 0 Å². The second kappa shape index (κ2) is 13.1. The Bertz CT molecular complexity index is 1430. The van der Waals surface area contributed by atoms with E-state index >= 15 is 0 Å². The highest BCUT2D eigenvalue weighted by atomic mass is 32.2. The van der Waals surface area contributed by atoms with Crippen molar-refractivity contribution in [2.24, 2.45) is 0 Å². The van der Waals surface area contributed by atoms with Gasteiger partial charge in [0.2, 0.25) is 0 Å². The van der Waals surface area contributed by atoms with Crippen molar-refractivity contribution in [1.82, 2.24) is 19.9 Å². The summed E-state index contributed by atoms with van der Waals surface area (Å²) in [6, 6.07) is 41.8. The quantitative estimate of drug-likeness (QED) is 0.120. The maximum absolute atomic E-state index is 5.13. The highest BCUT2D eigenvalue weighted by Crippen LogP contribution is 2.41. The molecule has 0 unspecified atom stereocenters. The molecule has 6 heteroatoms. The number of unbranched alkanes of at least 4 members (excludes halogenated alkanes) is 1. The molecule has 0 radical (unpaired) electrons. The number of hydrogen-bond donors (Lipinski definition) is 2. The minimum Gasteiger partial charge on any atom is -0.332 e. The predicted octanol–water partition coefficient (Wildman–Crippen LogP) is 10.2. The lowest BCUT2D eigenvalue weighted by molar-refractivity contribution is 0.760. The average molecular weight is 573 g/mol. The monoisotopic (exact) mass is 572 g/mol. The van der Waals surface area contributed by atoms with Gasteiger partial charge in [-0.3, -0.25) is 0 Å². The molecule has 2 N–H and O–H groups in total. The number of aromatic nitrogens is 4. The molecule has 0 saturated carbocycles. The van der Waals surface area contributed by atoms with Gasteiger partial charge in [-0.2, -0.15) is 0 Å². The topological polar surface area (TPSA) is 57.4 Å². The van der Waals surface area contributed by atoms with Crippen molar-refractivity contribution in [1.29, 1.82) is 0 Å². The molecule has 4 nitrogen and oxygen atoms in total. The van der Waals surface area contributed by atoms with Gasteiger partial charge in [0.05, 0.1) is 27.4 Å². The van der Waals surface area contributed by atoms with Gasteiger partial charge in [0.15, 0.2) is 10.3 Å². The third-order valence-electron chi connectivity index (χ3n) is 6.86. The lowest BCUT2D eigenvalue weighted by Gasteiger charge is -2.12. The third kappa shape index (κ3) is 6.50. The molecule has 0 fully saturated rings. The first-order valence-corrected chi connectivity index (χ1v) is 15.8. The SMILES string of the molecule is CCCCC(Sc1nc(-c2ccccc2)c(-c2ccccc2)[nH]1)Sc1nc(-c2ccccc2)c(-c2ccccc2)[nH]1. The first-order chi connectivity index (χ1) is 20.3. The Hall–Kier alpha value is -4.00. The number of thioether (sulfide) groups is 2. The van der Waals surface area contributed by atoms with Crippen LogP contribution in [0.5, 0.6) is 0 Å². The van der Waals surface area contributed by atoms with Crippen LogP contribution in [0.3, 0.4) is 0 Å². The Labute approximate surface area is 250 Å². The van der Waals surface area contributed by atoms with Gasteiger partial charge in [0, 0.05) is 22.3 Å². The van der Waals surface area contributed by atoms with Crippen LogP contribution in [0.15, 0.2) is 132 Å². The van der Waals surface area contributed by atoms with Crippen molar-refractivity contribution < 1.29 is 0 Å². The predicted molar refractivity (Wildman–Crippen MR) is 174 cm³/mol. The van der Waals surface area contributed by atoms with Gasteiger partial charge < -0.3 is 9.97 Å². The first-order valence-electron chi connectivity index (χ1n) is 14.0. The molecule has 2 aromatic heterocycles. The third-order valence-corrected chi connectivity index (χ3v) is 9.27. The number of nitrogens with one attached hydrogen (secondary N) is 2. The number of benzene rings is 4. The Balaban J connectivity index is 1.33. The molecule has 6 rings (SSSR count). The number of imidazole rings is 2. The van der Waals surface area contributed by atoms with Crippen LogP contribution >= 0.6 is 23.5 Å². The van der Waals surface area contributed by atoms with E-state index in [-0.39, 0.29) is 4.58 Å². The summed E-state index contributed by atoms with van der Waals surface area (Å²) in [4.78, 5) is 17.6. The molecule has 0 aliphatic rings. The average Bonchev–Trinajstić information content (AvgIpc) is 3.66. The van der Waals surface area contributed by atoms with Crippen molar-refractivity contribution in [3.63, 3.8) is 0 Å². The number of nitrogens with zero attached hydrogens (tertiary/aromatic N) is 2. The molecule has 41 heavy (non-hydrogen) atoms. The molecule has 0 amide bonds. The van der Waals surface area contributed by atoms with E-state index in [4.69, 9.17) is 9.97 Å². The maximum Gasteiger partial charge on any atom is 0.167 e. The molecular formula is C35H32N4S2. The first kappa shape index (κ1) is 27.2. The van der Waals surface area contributed by atoms with Gasteiger partial charge in [-0.15, -0.1) is 0 Å². The second-order valence-electron chi connectivity index (χ2n) is 9.80. The van der Waals surface area contributed by atoms with Crippen molar-refractivity contribution in [3.05, 3.63) is 121 Å². The zero-order valence-electron chi connectivity index (χ0n) is 23.0. The molecule has 0 aliphatic carbocycles. The molecule has 0 spiro atoms. The molecule has 204 valence electrons. The molecule has 2 heterocycles. The van der Waals surface area contributed by atoms with E-state index in [9.17, 15) is 0 Å². The van der Waals surface area contributed by atoms with Gasteiger partial charge in [-0.25, -0.2) is 9.97 Å². The molecule has 0 bridgehead atoms. The summed E-state index contributed by atoms with van der Waals surface area (Å²) in [6.45, 7) is 2.24. The zero-order valence-corrected chi connectivity index (χ0v) is 24.6. The van der Waals surface area contributed by atoms with Crippen LogP contribution in [0.1, 0.15) is 26.2 Å². The highest BCUT2D eigenvalue weighted by Gasteiger charge is 2.22. The largest absolute Gasteiger partial charge is 0.332 e. The molecule has 0 saturated heterocycles. The molecule has 0 aliphatic heterocycles. The van der Waals surface area contributed by atoms with Crippen molar-refractivity contribution in [2.45, 2.75) is 41.1 Å². The summed E-state index contributed by atoms with van der Waals surface area (Å²) in [5.74, 6) is 0. The number of aromatic amines is 2. The molecular weight excluding hydrogens is 541 g/mol. The summed E-state index contributed by atoms with van der Waals surface area (Å²) in [5.41, 5.74) is 8.55. The Morgan fingerprint density at radius 2 is 0.902 bits per heavy atom. The van der Waals surface area contributed by atoms with Gasteiger partial charge in [0.25, 0.3) is 0 Å². The fourth-order valence-corrected chi connectivity index (χ4v) is 7.23. The van der Waals surface area contributed by atoms with Crippen LogP contribution in [-0.2, 0) is 0 Å². The second-order valence-corrected chi connectivity index (χ2v) is 12.5. The van der Waals surface area contributed by atoms with Crippen LogP contribution < -0.4 is 0 Å². The highest BCUT2D eigenvalue weighted by molar-refractivity contribution is 8.16. The maximum atomic E-state index is 5.13. The Kier molecular flexibility index (Phi) is 8.69. The van der Waals surface area contributed by atoms with Crippen LogP contribution in [-0.4, -0.2) is 24.5 Å². The van der Waals surface area contributed by atoms with Crippen molar-refractivity contribution in [2.75, 3.05) is 0 Å². The minimum absolute atomic E-state index is 0.242. The minimum atomic E-state index is 0.242. The summed E-state index contributed by atoms with van der Waals surface area (Å²) in [5, 5.41) is 1.85. The lowest BCUT2D eigenvalue weighted by Crippen LogP contribution is -1.99. The van der Waals surface area contributed by atoms with Crippen LogP contribution in [0.25, 0.3) is 45.0 Å². The number of rotatable bonds is 11. The van der Waals surface area contributed by atoms with Gasteiger partial charge in [-0.1, -0.05) is 165 Å². The van der Waals surface area contributed by atoms with Crippen LogP contribution in [0, 0.1) is 0 Å². The molecule has 6 aromatic rings. The standard InChI is InChI=1S/C35H32N4S2/c1-2-3-24-29(40-34-36-30(25-16-8-4-9-17-25)31(37-34)26-18-10-5-11-19-26)41-35-38-32(27-20-12-6-13-21-27)33(39-35)28-22-14-7-15-23-28/h4-23,29H,2-3,24H2,1H3,(H,36,37)(H,38,39). The Morgan fingerprint density at radius 3 is 1.27 bits per heavy atom. The molecule has 0 atom stereocenters. The van der Waals surface area contributed by atoms with Crippen LogP contribution in [0.4, 0.5) is 0 Å². The van der Waals surface area contributed by atoms with Gasteiger partial charge in [-0.05, 0) is 6.42 Å². The van der Waals surface area contributed by atoms with E-state index in [1.807, 2.05) is 24.3 Å². The van der Waals surface area contributed by atoms with E-state index in [2.05, 4.69) is 114 Å². The van der Waals surface area contributed by atoms with E-state index in [0.29, 0.717) is 0 Å². The number of hydrogen-bond acceptors (Lipinski definition) is 4. The zero-order chi connectivity index (χ0) is 27.9. The fourth-order valence-electron chi connectivity index (χ4n) is 4.81. The summed E-state index contributed by atoms with van der Waals surface area (Å²) in [7, 11) is 0. The van der Waals surface area contributed by atoms with E-state index in [1.54, 1.807) is 23.5 Å². The van der Waals surface area contributed by atoms with E-state index in [1.165, 1.54) is 0 Å². The summed E-state index contributed by atoms with van der Waals surface area (Å²) in [6.07, 6.45) is 3.33. The molecule has 4 aromatic carbocycles. The number of H-pyrrole nitrogens is 2. The van der Waals surface area contributed by atoms with E-state index < -0.39 is 0 Å². The lowest BCUT2D eigenvalue weighted by atomic mass is 10.1. The normalized spacial score (nSPS) is 11.3. The smallest absolute Gasteiger partial charge is 0.167 e. The Morgan fingerprint density at radius 1 is 0.537 bits per heavy atom. The van der Waals surface area contributed by atoms with Crippen molar-refractivity contribution in [3.8, 4) is 45.0 Å².